The first kappa shape index (κ1) is 35.8. The minimum atomic E-state index is 0.752. The minimum absolute atomic E-state index is 0.752. The molecule has 3 aromatic rings. The van der Waals surface area contributed by atoms with Crippen LogP contribution >= 0.6 is 15.9 Å². The predicted octanol–water partition coefficient (Wildman–Crippen LogP) is 6.65. The van der Waals surface area contributed by atoms with Gasteiger partial charge in [0.15, 0.2) is 0 Å². The normalized spacial score (nSPS) is 16.0. The molecule has 7 heteroatoms. The zero-order chi connectivity index (χ0) is 31.2. The van der Waals surface area contributed by atoms with Crippen LogP contribution in [0.1, 0.15) is 42.4 Å². The van der Waals surface area contributed by atoms with E-state index in [1.165, 1.54) is 55.5 Å². The third-order valence-corrected chi connectivity index (χ3v) is 8.72. The monoisotopic (exact) mass is 664 g/mol. The highest BCUT2D eigenvalue weighted by atomic mass is 79.9. The number of ether oxygens (including phenoxy) is 2. The van der Waals surface area contributed by atoms with E-state index >= 15 is 0 Å². The molecular formula is C37H53BrN4O2. The zero-order valence-corrected chi connectivity index (χ0v) is 28.4. The third-order valence-electron chi connectivity index (χ3n) is 8.32. The van der Waals surface area contributed by atoms with E-state index in [2.05, 4.69) is 67.5 Å². The summed E-state index contributed by atoms with van der Waals surface area (Å²) in [4.78, 5) is 7.06. The first-order valence-electron chi connectivity index (χ1n) is 16.1. The lowest BCUT2D eigenvalue weighted by Crippen LogP contribution is -2.37. The van der Waals surface area contributed by atoms with Gasteiger partial charge in [-0.15, -0.1) is 0 Å². The number of halogens is 1. The fraction of sp³-hybridized carbons (Fsp3) is 0.486. The summed E-state index contributed by atoms with van der Waals surface area (Å²) in [6.45, 7) is 7.72. The third kappa shape index (κ3) is 14.4. The lowest BCUT2D eigenvalue weighted by Gasteiger charge is -2.31. The van der Waals surface area contributed by atoms with Crippen molar-refractivity contribution in [1.29, 1.82) is 0 Å². The Kier molecular flexibility index (Phi) is 17.8. The van der Waals surface area contributed by atoms with Gasteiger partial charge in [0, 0.05) is 24.6 Å². The van der Waals surface area contributed by atoms with Gasteiger partial charge < -0.3 is 25.4 Å². The Morgan fingerprint density at radius 3 is 1.89 bits per heavy atom. The van der Waals surface area contributed by atoms with Crippen LogP contribution in [0, 0.1) is 11.8 Å². The molecule has 3 aromatic carbocycles. The van der Waals surface area contributed by atoms with E-state index in [-0.39, 0.29) is 0 Å². The van der Waals surface area contributed by atoms with Gasteiger partial charge in [-0.2, -0.15) is 0 Å². The molecule has 0 radical (unpaired) electrons. The molecule has 0 amide bonds. The van der Waals surface area contributed by atoms with Gasteiger partial charge in [0.05, 0.1) is 14.2 Å². The Hall–Kier alpha value is -2.71. The van der Waals surface area contributed by atoms with Crippen molar-refractivity contribution in [1.82, 2.24) is 10.2 Å². The number of hydrogen-bond acceptors (Lipinski definition) is 6. The lowest BCUT2D eigenvalue weighted by molar-refractivity contribution is 0.189. The molecule has 0 spiro atoms. The van der Waals surface area contributed by atoms with Crippen LogP contribution in [0.4, 0.5) is 0 Å². The molecule has 0 unspecified atom stereocenters. The fourth-order valence-corrected chi connectivity index (χ4v) is 5.79. The van der Waals surface area contributed by atoms with E-state index in [4.69, 9.17) is 15.2 Å². The SMILES string of the molecule is C(=NCC1CCNCC1)c1ccccc1.COc1ccc(CCBr)cc1.COc1ccc(CCN2CCC(CN)CC2)cc1. The number of aryl methyl sites for hydroxylation is 1. The van der Waals surface area contributed by atoms with Crippen LogP contribution < -0.4 is 20.5 Å². The van der Waals surface area contributed by atoms with Gasteiger partial charge in [0.1, 0.15) is 11.5 Å². The van der Waals surface area contributed by atoms with Crippen molar-refractivity contribution in [3.63, 3.8) is 0 Å². The number of nitrogens with one attached hydrogen (secondary N) is 1. The van der Waals surface area contributed by atoms with Gasteiger partial charge in [0.25, 0.3) is 0 Å². The van der Waals surface area contributed by atoms with Gasteiger partial charge in [0.2, 0.25) is 0 Å². The predicted molar refractivity (Wildman–Crippen MR) is 190 cm³/mol. The van der Waals surface area contributed by atoms with Crippen molar-refractivity contribution >= 4 is 22.1 Å². The molecule has 0 atom stereocenters. The lowest BCUT2D eigenvalue weighted by atomic mass is 9.97. The van der Waals surface area contributed by atoms with Crippen LogP contribution in [0.5, 0.6) is 11.5 Å². The highest BCUT2D eigenvalue weighted by Crippen LogP contribution is 2.17. The van der Waals surface area contributed by atoms with Crippen molar-refractivity contribution in [2.45, 2.75) is 38.5 Å². The second-order valence-corrected chi connectivity index (χ2v) is 12.3. The molecule has 2 heterocycles. The van der Waals surface area contributed by atoms with Crippen LogP contribution in [0.25, 0.3) is 0 Å². The molecule has 3 N–H and O–H groups in total. The molecule has 6 nitrogen and oxygen atoms in total. The van der Waals surface area contributed by atoms with Gasteiger partial charge in [-0.05, 0) is 124 Å². The molecule has 2 aliphatic heterocycles. The van der Waals surface area contributed by atoms with E-state index in [0.717, 1.165) is 74.2 Å². The summed E-state index contributed by atoms with van der Waals surface area (Å²) in [5.41, 5.74) is 9.63. The maximum atomic E-state index is 5.71. The number of nitrogens with two attached hydrogens (primary N) is 1. The van der Waals surface area contributed by atoms with Gasteiger partial charge >= 0.3 is 0 Å². The van der Waals surface area contributed by atoms with E-state index in [1.807, 2.05) is 48.7 Å². The summed E-state index contributed by atoms with van der Waals surface area (Å²) < 4.78 is 10.2. The fourth-order valence-electron chi connectivity index (χ4n) is 5.34. The molecular weight excluding hydrogens is 612 g/mol. The number of aliphatic imine (C=N–C) groups is 1. The number of hydrogen-bond donors (Lipinski definition) is 2. The number of piperidine rings is 2. The molecule has 0 aromatic heterocycles. The molecule has 44 heavy (non-hydrogen) atoms. The minimum Gasteiger partial charge on any atom is -0.497 e. The van der Waals surface area contributed by atoms with Crippen molar-refractivity contribution < 1.29 is 9.47 Å². The van der Waals surface area contributed by atoms with Crippen molar-refractivity contribution in [2.24, 2.45) is 22.6 Å². The zero-order valence-electron chi connectivity index (χ0n) is 26.8. The summed E-state index contributed by atoms with van der Waals surface area (Å²) in [5, 5.41) is 4.38. The maximum Gasteiger partial charge on any atom is 0.118 e. The van der Waals surface area contributed by atoms with E-state index in [0.29, 0.717) is 0 Å². The van der Waals surface area contributed by atoms with Crippen LogP contribution in [-0.4, -0.2) is 76.5 Å². The highest BCUT2D eigenvalue weighted by molar-refractivity contribution is 9.09. The number of alkyl halides is 1. The molecule has 2 fully saturated rings. The highest BCUT2D eigenvalue weighted by Gasteiger charge is 2.17. The van der Waals surface area contributed by atoms with Crippen LogP contribution in [0.15, 0.2) is 83.9 Å². The summed E-state index contributed by atoms with van der Waals surface area (Å²) >= 11 is 3.39. The first-order chi connectivity index (χ1) is 21.6. The maximum absolute atomic E-state index is 5.71. The molecule has 0 bridgehead atoms. The summed E-state index contributed by atoms with van der Waals surface area (Å²) in [6, 6.07) is 26.8. The number of nitrogens with zero attached hydrogens (tertiary/aromatic N) is 2. The van der Waals surface area contributed by atoms with Crippen LogP contribution in [0.2, 0.25) is 0 Å². The first-order valence-corrected chi connectivity index (χ1v) is 17.3. The largest absolute Gasteiger partial charge is 0.497 e. The number of methoxy groups -OCH3 is 2. The van der Waals surface area contributed by atoms with Gasteiger partial charge in [-0.25, -0.2) is 0 Å². The summed E-state index contributed by atoms with van der Waals surface area (Å²) in [6.07, 6.45) is 9.25. The summed E-state index contributed by atoms with van der Waals surface area (Å²) in [5.74, 6) is 3.39. The standard InChI is InChI=1S/C15H24N2O.C13H18N2.C9H11BrO/c1-18-15-4-2-13(3-5-15)6-9-17-10-7-14(12-16)8-11-17;1-2-4-12(5-3-1)10-15-11-13-6-8-14-9-7-13;1-11-9-4-2-8(3-5-9)6-7-10/h2-5,14H,6-12,16H2,1H3;1-5,10,13-14H,6-9,11H2;2-5H,6-7H2,1H3. The second kappa shape index (κ2) is 21.9. The molecule has 0 saturated carbocycles. The van der Waals surface area contributed by atoms with E-state index in [1.54, 1.807) is 14.2 Å². The van der Waals surface area contributed by atoms with Crippen molar-refractivity contribution in [3.8, 4) is 11.5 Å². The topological polar surface area (TPSA) is 72.1 Å². The Labute approximate surface area is 274 Å². The Balaban J connectivity index is 0.000000186. The smallest absolute Gasteiger partial charge is 0.118 e. The molecule has 5 rings (SSSR count). The number of rotatable bonds is 11. The second-order valence-electron chi connectivity index (χ2n) is 11.5. The van der Waals surface area contributed by atoms with E-state index in [9.17, 15) is 0 Å². The number of benzene rings is 3. The van der Waals surface area contributed by atoms with Gasteiger partial charge in [-0.1, -0.05) is 70.5 Å². The average Bonchev–Trinajstić information content (AvgIpc) is 3.10. The van der Waals surface area contributed by atoms with Crippen molar-refractivity contribution in [3.05, 3.63) is 95.6 Å². The Morgan fingerprint density at radius 2 is 1.36 bits per heavy atom. The molecule has 2 aliphatic rings. The molecule has 240 valence electrons. The van der Waals surface area contributed by atoms with E-state index < -0.39 is 0 Å². The quantitative estimate of drug-likeness (QED) is 0.178. The van der Waals surface area contributed by atoms with Crippen LogP contribution in [-0.2, 0) is 12.8 Å². The molecule has 0 aliphatic carbocycles. The van der Waals surface area contributed by atoms with Crippen molar-refractivity contribution in [2.75, 3.05) is 65.4 Å². The van der Waals surface area contributed by atoms with Crippen LogP contribution in [0.3, 0.4) is 0 Å². The van der Waals surface area contributed by atoms with Gasteiger partial charge in [-0.3, -0.25) is 4.99 Å². The Bertz CT molecular complexity index is 1140. The summed E-state index contributed by atoms with van der Waals surface area (Å²) in [7, 11) is 3.39. The molecule has 2 saturated heterocycles. The average molecular weight is 666 g/mol. The number of likely N-dealkylation sites (tertiary alicyclic amines) is 1. The Morgan fingerprint density at radius 1 is 0.795 bits per heavy atom.